The molecule has 0 bridgehead atoms. The molecule has 4 rings (SSSR count). The van der Waals surface area contributed by atoms with Crippen LogP contribution in [0.5, 0.6) is 5.75 Å². The number of sulfone groups is 1. The number of carbonyl (C=O) groups is 1. The smallest absolute Gasteiger partial charge is 0.227 e. The number of benzene rings is 2. The summed E-state index contributed by atoms with van der Waals surface area (Å²) in [5.41, 5.74) is 2.30. The maximum Gasteiger partial charge on any atom is 0.227 e. The summed E-state index contributed by atoms with van der Waals surface area (Å²) in [7, 11) is -1.54. The first-order valence-electron chi connectivity index (χ1n) is 9.63. The van der Waals surface area contributed by atoms with Gasteiger partial charge in [0.1, 0.15) is 11.3 Å². The summed E-state index contributed by atoms with van der Waals surface area (Å²) in [6, 6.07) is 12.4. The third kappa shape index (κ3) is 4.47. The molecule has 158 valence electrons. The predicted molar refractivity (Wildman–Crippen MR) is 116 cm³/mol. The van der Waals surface area contributed by atoms with Crippen LogP contribution in [-0.4, -0.2) is 43.9 Å². The van der Waals surface area contributed by atoms with Crippen LogP contribution in [0.15, 0.2) is 53.1 Å². The number of amides is 1. The van der Waals surface area contributed by atoms with Gasteiger partial charge in [0.15, 0.2) is 9.84 Å². The summed E-state index contributed by atoms with van der Waals surface area (Å²) in [4.78, 5) is 15.0. The molecule has 0 radical (unpaired) electrons. The molecule has 1 amide bonds. The fraction of sp³-hybridized carbons (Fsp3) is 0.318. The van der Waals surface area contributed by atoms with Gasteiger partial charge in [-0.2, -0.15) is 0 Å². The van der Waals surface area contributed by atoms with E-state index in [1.807, 2.05) is 24.3 Å². The molecule has 0 saturated carbocycles. The Kier molecular flexibility index (Phi) is 5.75. The number of rotatable bonds is 6. The third-order valence-corrected chi connectivity index (χ3v) is 7.42. The van der Waals surface area contributed by atoms with Crippen molar-refractivity contribution in [3.63, 3.8) is 0 Å². The van der Waals surface area contributed by atoms with Gasteiger partial charge in [0.2, 0.25) is 5.91 Å². The normalized spacial score (nSPS) is 17.9. The predicted octanol–water partition coefficient (Wildman–Crippen LogP) is 3.85. The fourth-order valence-corrected chi connectivity index (χ4v) is 5.73. The highest BCUT2D eigenvalue weighted by Crippen LogP contribution is 2.27. The van der Waals surface area contributed by atoms with E-state index in [0.717, 1.165) is 22.3 Å². The number of ether oxygens (including phenoxy) is 1. The van der Waals surface area contributed by atoms with Crippen LogP contribution in [-0.2, 0) is 27.6 Å². The van der Waals surface area contributed by atoms with Gasteiger partial charge in [0, 0.05) is 28.6 Å². The van der Waals surface area contributed by atoms with Gasteiger partial charge in [-0.1, -0.05) is 23.7 Å². The molecule has 1 fully saturated rings. The molecule has 0 aliphatic carbocycles. The lowest BCUT2D eigenvalue weighted by Gasteiger charge is -2.28. The average Bonchev–Trinajstić information content (AvgIpc) is 3.29. The number of hydrogen-bond acceptors (Lipinski definition) is 5. The summed E-state index contributed by atoms with van der Waals surface area (Å²) < 4.78 is 34.8. The minimum absolute atomic E-state index is 0.00709. The highest BCUT2D eigenvalue weighted by molar-refractivity contribution is 7.91. The van der Waals surface area contributed by atoms with E-state index in [1.165, 1.54) is 0 Å². The third-order valence-electron chi connectivity index (χ3n) is 5.44. The Balaban J connectivity index is 1.60. The number of halogens is 1. The Bertz CT molecular complexity index is 1170. The van der Waals surface area contributed by atoms with E-state index in [-0.39, 0.29) is 29.9 Å². The monoisotopic (exact) mass is 447 g/mol. The Hall–Kier alpha value is -2.51. The zero-order valence-electron chi connectivity index (χ0n) is 16.5. The van der Waals surface area contributed by atoms with Gasteiger partial charge < -0.3 is 14.1 Å². The molecule has 2 aromatic carbocycles. The van der Waals surface area contributed by atoms with Crippen LogP contribution in [0, 0.1) is 0 Å². The molecule has 3 aromatic rings. The topological polar surface area (TPSA) is 76.8 Å². The average molecular weight is 448 g/mol. The van der Waals surface area contributed by atoms with Crippen molar-refractivity contribution in [2.45, 2.75) is 25.4 Å². The van der Waals surface area contributed by atoms with Crippen molar-refractivity contribution in [2.24, 2.45) is 0 Å². The fourth-order valence-electron chi connectivity index (χ4n) is 3.83. The molecule has 0 spiro atoms. The molecule has 1 unspecified atom stereocenters. The zero-order valence-corrected chi connectivity index (χ0v) is 18.1. The van der Waals surface area contributed by atoms with Crippen molar-refractivity contribution in [2.75, 3.05) is 18.6 Å². The second-order valence-electron chi connectivity index (χ2n) is 7.50. The van der Waals surface area contributed by atoms with Gasteiger partial charge in [-0.25, -0.2) is 8.42 Å². The van der Waals surface area contributed by atoms with E-state index < -0.39 is 9.84 Å². The molecule has 6 nitrogen and oxygen atoms in total. The van der Waals surface area contributed by atoms with Crippen LogP contribution < -0.4 is 4.74 Å². The molecule has 0 N–H and O–H groups in total. The zero-order chi connectivity index (χ0) is 21.3. The summed E-state index contributed by atoms with van der Waals surface area (Å²) >= 11 is 6.10. The quantitative estimate of drug-likeness (QED) is 0.573. The molecule has 1 aliphatic heterocycles. The molecular weight excluding hydrogens is 426 g/mol. The Morgan fingerprint density at radius 3 is 2.67 bits per heavy atom. The maximum absolute atomic E-state index is 13.3. The van der Waals surface area contributed by atoms with Gasteiger partial charge in [-0.3, -0.25) is 4.79 Å². The van der Waals surface area contributed by atoms with E-state index in [4.69, 9.17) is 20.8 Å². The van der Waals surface area contributed by atoms with Crippen LogP contribution >= 0.6 is 11.6 Å². The lowest BCUT2D eigenvalue weighted by atomic mass is 10.1. The van der Waals surface area contributed by atoms with Crippen molar-refractivity contribution in [1.29, 1.82) is 0 Å². The molecular formula is C22H22ClNO5S. The van der Waals surface area contributed by atoms with Crippen LogP contribution in [0.3, 0.4) is 0 Å². The second-order valence-corrected chi connectivity index (χ2v) is 10.2. The standard InChI is InChI=1S/C22H22ClNO5S/c1-28-19-5-2-15(3-6-19)12-24(18-8-9-30(26,27)14-18)22(25)10-16-13-29-21-7-4-17(23)11-20(16)21/h2-7,11,13,18H,8-10,12,14H2,1H3. The Morgan fingerprint density at radius 1 is 1.23 bits per heavy atom. The van der Waals surface area contributed by atoms with Crippen molar-refractivity contribution >= 4 is 38.3 Å². The van der Waals surface area contributed by atoms with Gasteiger partial charge in [-0.15, -0.1) is 0 Å². The lowest BCUT2D eigenvalue weighted by molar-refractivity contribution is -0.133. The summed E-state index contributed by atoms with van der Waals surface area (Å²) in [6.45, 7) is 0.333. The van der Waals surface area contributed by atoms with Crippen LogP contribution in [0.1, 0.15) is 17.5 Å². The number of fused-ring (bicyclic) bond motifs is 1. The van der Waals surface area contributed by atoms with Gasteiger partial charge >= 0.3 is 0 Å². The van der Waals surface area contributed by atoms with Gasteiger partial charge in [-0.05, 0) is 42.3 Å². The SMILES string of the molecule is COc1ccc(CN(C(=O)Cc2coc3ccc(Cl)cc23)C2CCS(=O)(=O)C2)cc1. The molecule has 1 aromatic heterocycles. The first kappa shape index (κ1) is 20.8. The van der Waals surface area contributed by atoms with Crippen molar-refractivity contribution < 1.29 is 22.4 Å². The van der Waals surface area contributed by atoms with Crippen molar-refractivity contribution in [3.8, 4) is 5.75 Å². The Morgan fingerprint density at radius 2 is 2.00 bits per heavy atom. The minimum atomic E-state index is -3.13. The molecule has 30 heavy (non-hydrogen) atoms. The first-order chi connectivity index (χ1) is 14.3. The van der Waals surface area contributed by atoms with Crippen molar-refractivity contribution in [3.05, 3.63) is 64.9 Å². The first-order valence-corrected chi connectivity index (χ1v) is 11.8. The maximum atomic E-state index is 13.3. The van der Waals surface area contributed by atoms with E-state index in [1.54, 1.807) is 36.5 Å². The van der Waals surface area contributed by atoms with Crippen molar-refractivity contribution in [1.82, 2.24) is 4.90 Å². The highest BCUT2D eigenvalue weighted by Gasteiger charge is 2.34. The van der Waals surface area contributed by atoms with E-state index >= 15 is 0 Å². The van der Waals surface area contributed by atoms with Gasteiger partial charge in [0.05, 0.1) is 31.3 Å². The summed E-state index contributed by atoms with van der Waals surface area (Å²) in [5, 5.41) is 1.36. The number of carbonyl (C=O) groups excluding carboxylic acids is 1. The molecule has 8 heteroatoms. The van der Waals surface area contributed by atoms with E-state index in [0.29, 0.717) is 23.6 Å². The molecule has 1 atom stereocenters. The summed E-state index contributed by atoms with van der Waals surface area (Å²) in [5.74, 6) is 0.679. The number of furan rings is 1. The molecule has 1 aliphatic rings. The number of hydrogen-bond donors (Lipinski definition) is 0. The van der Waals surface area contributed by atoms with E-state index in [2.05, 4.69) is 0 Å². The minimum Gasteiger partial charge on any atom is -0.497 e. The van der Waals surface area contributed by atoms with E-state index in [9.17, 15) is 13.2 Å². The number of nitrogens with zero attached hydrogens (tertiary/aromatic N) is 1. The molecule has 1 saturated heterocycles. The summed E-state index contributed by atoms with van der Waals surface area (Å²) in [6.07, 6.45) is 2.12. The second kappa shape index (κ2) is 8.32. The van der Waals surface area contributed by atoms with Gasteiger partial charge in [0.25, 0.3) is 0 Å². The van der Waals surface area contributed by atoms with Crippen LogP contribution in [0.4, 0.5) is 0 Å². The highest BCUT2D eigenvalue weighted by atomic mass is 35.5. The van der Waals surface area contributed by atoms with Crippen LogP contribution in [0.25, 0.3) is 11.0 Å². The van der Waals surface area contributed by atoms with Crippen LogP contribution in [0.2, 0.25) is 5.02 Å². The largest absolute Gasteiger partial charge is 0.497 e. The molecule has 2 heterocycles. The lowest BCUT2D eigenvalue weighted by Crippen LogP contribution is -2.41. The number of methoxy groups -OCH3 is 1. The Labute approximate surface area is 180 Å².